The number of nitrogen functional groups attached to an aromatic ring is 1. The summed E-state index contributed by atoms with van der Waals surface area (Å²) in [5, 5.41) is 11.3. The second-order valence-corrected chi connectivity index (χ2v) is 9.63. The van der Waals surface area contributed by atoms with Gasteiger partial charge in [0.2, 0.25) is 5.91 Å². The summed E-state index contributed by atoms with van der Waals surface area (Å²) in [5.41, 5.74) is 13.6. The van der Waals surface area contributed by atoms with Crippen molar-refractivity contribution >= 4 is 23.5 Å². The summed E-state index contributed by atoms with van der Waals surface area (Å²) < 4.78 is 7.00. The van der Waals surface area contributed by atoms with Crippen LogP contribution in [0.1, 0.15) is 62.2 Å². The minimum atomic E-state index is -0.612. The van der Waals surface area contributed by atoms with Crippen LogP contribution in [-0.4, -0.2) is 26.8 Å². The average molecular weight is 437 g/mol. The van der Waals surface area contributed by atoms with Crippen LogP contribution in [0.4, 0.5) is 11.6 Å². The van der Waals surface area contributed by atoms with E-state index in [1.54, 1.807) is 10.7 Å². The summed E-state index contributed by atoms with van der Waals surface area (Å²) in [4.78, 5) is 24.5. The van der Waals surface area contributed by atoms with Crippen molar-refractivity contribution < 1.29 is 14.1 Å². The van der Waals surface area contributed by atoms with Crippen molar-refractivity contribution in [3.8, 4) is 11.3 Å². The lowest BCUT2D eigenvalue weighted by molar-refractivity contribution is -0.115. The van der Waals surface area contributed by atoms with Gasteiger partial charge in [0.25, 0.3) is 5.91 Å². The molecule has 9 heteroatoms. The molecule has 32 heavy (non-hydrogen) atoms. The number of carbonyl (C=O) groups is 2. The second kappa shape index (κ2) is 7.51. The number of nitrogens with one attached hydrogen (secondary N) is 1. The predicted octanol–water partition coefficient (Wildman–Crippen LogP) is 3.21. The number of nitrogens with two attached hydrogens (primary N) is 2. The smallest absolute Gasteiger partial charge is 0.254 e. The van der Waals surface area contributed by atoms with E-state index in [9.17, 15) is 9.59 Å². The fraction of sp³-hybridized carbons (Fsp3) is 0.391. The average Bonchev–Trinajstić information content (AvgIpc) is 3.11. The van der Waals surface area contributed by atoms with Gasteiger partial charge >= 0.3 is 0 Å². The SMILES string of the molecule is CC(C)(C)c1cc(NC(=O)Cc2ccc(-c3nn(C4(C)CC4)c(N)c3C(N)=O)cc2)no1. The molecule has 9 nitrogen and oxygen atoms in total. The highest BCUT2D eigenvalue weighted by molar-refractivity contribution is 6.03. The van der Waals surface area contributed by atoms with E-state index in [1.165, 1.54) is 0 Å². The Morgan fingerprint density at radius 3 is 2.41 bits per heavy atom. The third-order valence-electron chi connectivity index (χ3n) is 5.76. The summed E-state index contributed by atoms with van der Waals surface area (Å²) >= 11 is 0. The number of primary amides is 1. The van der Waals surface area contributed by atoms with Crippen LogP contribution in [0.2, 0.25) is 0 Å². The van der Waals surface area contributed by atoms with Crippen molar-refractivity contribution in [3.63, 3.8) is 0 Å². The van der Waals surface area contributed by atoms with E-state index < -0.39 is 5.91 Å². The van der Waals surface area contributed by atoms with Gasteiger partial charge in [0.15, 0.2) is 5.82 Å². The van der Waals surface area contributed by atoms with E-state index in [0.29, 0.717) is 22.8 Å². The third kappa shape index (κ3) is 4.10. The molecule has 1 fully saturated rings. The third-order valence-corrected chi connectivity index (χ3v) is 5.76. The van der Waals surface area contributed by atoms with E-state index in [1.807, 2.05) is 52.0 Å². The van der Waals surface area contributed by atoms with Crippen molar-refractivity contribution in [2.24, 2.45) is 5.73 Å². The van der Waals surface area contributed by atoms with Crippen molar-refractivity contribution in [1.82, 2.24) is 14.9 Å². The van der Waals surface area contributed by atoms with Gasteiger partial charge in [-0.25, -0.2) is 4.68 Å². The zero-order chi connectivity index (χ0) is 23.3. The summed E-state index contributed by atoms with van der Waals surface area (Å²) in [5.74, 6) is 0.551. The van der Waals surface area contributed by atoms with Crippen LogP contribution < -0.4 is 16.8 Å². The maximum Gasteiger partial charge on any atom is 0.254 e. The van der Waals surface area contributed by atoms with Gasteiger partial charge in [0.1, 0.15) is 22.8 Å². The Morgan fingerprint density at radius 2 is 1.88 bits per heavy atom. The van der Waals surface area contributed by atoms with Crippen molar-refractivity contribution in [3.05, 3.63) is 47.2 Å². The van der Waals surface area contributed by atoms with E-state index in [4.69, 9.17) is 16.0 Å². The molecular formula is C23H28N6O3. The van der Waals surface area contributed by atoms with Crippen LogP contribution in [0.5, 0.6) is 0 Å². The molecule has 4 rings (SSSR count). The van der Waals surface area contributed by atoms with Crippen molar-refractivity contribution in [2.45, 2.75) is 57.9 Å². The Labute approximate surface area is 186 Å². The van der Waals surface area contributed by atoms with Gasteiger partial charge in [-0.15, -0.1) is 0 Å². The highest BCUT2D eigenvalue weighted by atomic mass is 16.5. The van der Waals surface area contributed by atoms with Crippen molar-refractivity contribution in [2.75, 3.05) is 11.1 Å². The van der Waals surface area contributed by atoms with Gasteiger partial charge in [0, 0.05) is 17.0 Å². The summed E-state index contributed by atoms with van der Waals surface area (Å²) in [6.45, 7) is 8.07. The van der Waals surface area contributed by atoms with E-state index in [-0.39, 0.29) is 34.7 Å². The lowest BCUT2D eigenvalue weighted by Crippen LogP contribution is -2.19. The quantitative estimate of drug-likeness (QED) is 0.541. The number of carbonyl (C=O) groups excluding carboxylic acids is 2. The number of hydrogen-bond donors (Lipinski definition) is 3. The molecule has 0 spiro atoms. The number of hydrogen-bond acceptors (Lipinski definition) is 6. The second-order valence-electron chi connectivity index (χ2n) is 9.63. The van der Waals surface area contributed by atoms with Gasteiger partial charge in [-0.05, 0) is 25.3 Å². The van der Waals surface area contributed by atoms with E-state index in [0.717, 1.165) is 18.4 Å². The maximum absolute atomic E-state index is 12.4. The monoisotopic (exact) mass is 436 g/mol. The number of amides is 2. The number of nitrogens with zero attached hydrogens (tertiary/aromatic N) is 3. The fourth-order valence-electron chi connectivity index (χ4n) is 3.52. The lowest BCUT2D eigenvalue weighted by atomic mass is 9.93. The standard InChI is InChI=1S/C23H28N6O3/c1-22(2,3)15-12-16(28-32-15)26-17(30)11-13-5-7-14(8-6-13)19-18(21(25)31)20(24)29(27-19)23(4)9-10-23/h5-8,12H,9-11,24H2,1-4H3,(H2,25,31)(H,26,28,30). The molecule has 168 valence electrons. The zero-order valence-corrected chi connectivity index (χ0v) is 18.7. The topological polar surface area (TPSA) is 142 Å². The van der Waals surface area contributed by atoms with Crippen LogP contribution in [0.25, 0.3) is 11.3 Å². The largest absolute Gasteiger partial charge is 0.383 e. The molecule has 0 atom stereocenters. The first-order valence-electron chi connectivity index (χ1n) is 10.5. The van der Waals surface area contributed by atoms with Crippen LogP contribution >= 0.6 is 0 Å². The summed E-state index contributed by atoms with van der Waals surface area (Å²) in [6.07, 6.45) is 2.07. The summed E-state index contributed by atoms with van der Waals surface area (Å²) in [7, 11) is 0. The van der Waals surface area contributed by atoms with E-state index >= 15 is 0 Å². The first-order valence-corrected chi connectivity index (χ1v) is 10.5. The maximum atomic E-state index is 12.4. The highest BCUT2D eigenvalue weighted by Crippen LogP contribution is 2.45. The molecule has 0 radical (unpaired) electrons. The van der Waals surface area contributed by atoms with Gasteiger partial charge in [-0.3, -0.25) is 9.59 Å². The molecule has 0 aliphatic heterocycles. The van der Waals surface area contributed by atoms with Crippen LogP contribution in [0, 0.1) is 0 Å². The molecule has 2 heterocycles. The number of rotatable bonds is 6. The Hall–Kier alpha value is -3.62. The molecule has 5 N–H and O–H groups in total. The molecule has 1 aromatic carbocycles. The zero-order valence-electron chi connectivity index (χ0n) is 18.7. The summed E-state index contributed by atoms with van der Waals surface area (Å²) in [6, 6.07) is 8.98. The number of benzene rings is 1. The van der Waals surface area contributed by atoms with Gasteiger partial charge in [-0.2, -0.15) is 5.10 Å². The molecule has 3 aromatic rings. The molecule has 2 aromatic heterocycles. The molecule has 0 bridgehead atoms. The first kappa shape index (κ1) is 21.6. The molecule has 0 saturated heterocycles. The minimum absolute atomic E-state index is 0.162. The predicted molar refractivity (Wildman–Crippen MR) is 121 cm³/mol. The Kier molecular flexibility index (Phi) is 5.07. The van der Waals surface area contributed by atoms with Crippen LogP contribution in [-0.2, 0) is 22.2 Å². The van der Waals surface area contributed by atoms with Crippen molar-refractivity contribution in [1.29, 1.82) is 0 Å². The van der Waals surface area contributed by atoms with Gasteiger partial charge in [0.05, 0.1) is 12.0 Å². The number of aromatic nitrogens is 3. The molecule has 0 unspecified atom stereocenters. The van der Waals surface area contributed by atoms with Gasteiger partial charge < -0.3 is 21.3 Å². The Balaban J connectivity index is 1.50. The lowest BCUT2D eigenvalue weighted by Gasteiger charge is -2.12. The fourth-order valence-corrected chi connectivity index (χ4v) is 3.52. The molecule has 1 aliphatic rings. The molecule has 1 saturated carbocycles. The molecular weight excluding hydrogens is 408 g/mol. The van der Waals surface area contributed by atoms with E-state index in [2.05, 4.69) is 15.6 Å². The van der Waals surface area contributed by atoms with Crippen LogP contribution in [0.15, 0.2) is 34.9 Å². The molecule has 1 aliphatic carbocycles. The normalized spacial score (nSPS) is 14.9. The van der Waals surface area contributed by atoms with Crippen LogP contribution in [0.3, 0.4) is 0 Å². The Bertz CT molecular complexity index is 1180. The molecule has 2 amide bonds. The minimum Gasteiger partial charge on any atom is -0.383 e. The first-order chi connectivity index (χ1) is 15.0. The highest BCUT2D eigenvalue weighted by Gasteiger charge is 2.43. The van der Waals surface area contributed by atoms with Gasteiger partial charge in [-0.1, -0.05) is 50.2 Å². The number of anilines is 2. The Morgan fingerprint density at radius 1 is 1.22 bits per heavy atom.